The quantitative estimate of drug-likeness (QED) is 0.530. The lowest BCUT2D eigenvalue weighted by Gasteiger charge is -2.29. The number of methoxy groups -OCH3 is 1. The lowest BCUT2D eigenvalue weighted by molar-refractivity contribution is -0.122. The number of likely N-dealkylation sites (N-methyl/N-ethyl adjacent to an activating group) is 1. The molecule has 0 fully saturated rings. The topological polar surface area (TPSA) is 114 Å². The van der Waals surface area contributed by atoms with Gasteiger partial charge < -0.3 is 10.1 Å². The number of allylic oxidation sites excluding steroid dienone is 2. The predicted octanol–water partition coefficient (Wildman–Crippen LogP) is 1.90. The Labute approximate surface area is 174 Å². The molecule has 3 rings (SSSR count). The van der Waals surface area contributed by atoms with Gasteiger partial charge in [0.25, 0.3) is 15.9 Å². The summed E-state index contributed by atoms with van der Waals surface area (Å²) in [5.74, 6) is -0.239. The highest BCUT2D eigenvalue weighted by Gasteiger charge is 2.38. The van der Waals surface area contributed by atoms with E-state index in [0.29, 0.717) is 11.4 Å². The number of Topliss-reactive ketones (excluding diaryl/α,β-unsaturated/α-hetero) is 1. The third-order valence-corrected chi connectivity index (χ3v) is 6.27. The SMILES string of the molecule is COc1ccc(NC(=O)CON/C(C)=C2\C(=O)c3ccccc3S(=O)(=O)N2C)cc1. The molecule has 0 spiro atoms. The number of hydroxylamine groups is 1. The van der Waals surface area contributed by atoms with Gasteiger partial charge in [0.05, 0.1) is 17.7 Å². The van der Waals surface area contributed by atoms with E-state index in [2.05, 4.69) is 10.8 Å². The van der Waals surface area contributed by atoms with Crippen LogP contribution < -0.4 is 15.5 Å². The molecule has 2 N–H and O–H groups in total. The number of hydrogen-bond donors (Lipinski definition) is 2. The Morgan fingerprint density at radius 1 is 1.10 bits per heavy atom. The Bertz CT molecular complexity index is 1110. The van der Waals surface area contributed by atoms with Crippen LogP contribution in [0.1, 0.15) is 17.3 Å². The van der Waals surface area contributed by atoms with Gasteiger partial charge in [0.15, 0.2) is 6.61 Å². The summed E-state index contributed by atoms with van der Waals surface area (Å²) in [4.78, 5) is 29.9. The lowest BCUT2D eigenvalue weighted by atomic mass is 10.1. The van der Waals surface area contributed by atoms with E-state index in [-0.39, 0.29) is 28.5 Å². The van der Waals surface area contributed by atoms with Crippen molar-refractivity contribution >= 4 is 27.4 Å². The molecule has 2 aromatic carbocycles. The summed E-state index contributed by atoms with van der Waals surface area (Å²) in [6, 6.07) is 12.7. The first-order chi connectivity index (χ1) is 14.3. The Kier molecular flexibility index (Phi) is 6.09. The van der Waals surface area contributed by atoms with Crippen molar-refractivity contribution in [2.75, 3.05) is 26.1 Å². The summed E-state index contributed by atoms with van der Waals surface area (Å²) in [5, 5.41) is 2.64. The molecule has 0 aromatic heterocycles. The standard InChI is InChI=1S/C20H21N3O6S/c1-13(22-29-12-18(24)21-14-8-10-15(28-3)11-9-14)19-20(25)16-6-4-5-7-17(16)30(26,27)23(19)2/h4-11,22H,12H2,1-3H3,(H,21,24)/b19-13+. The van der Waals surface area contributed by atoms with Gasteiger partial charge in [-0.25, -0.2) is 8.42 Å². The highest BCUT2D eigenvalue weighted by atomic mass is 32.2. The number of amides is 1. The van der Waals surface area contributed by atoms with Crippen molar-refractivity contribution in [1.82, 2.24) is 9.79 Å². The number of nitrogens with zero attached hydrogens (tertiary/aromatic N) is 1. The summed E-state index contributed by atoms with van der Waals surface area (Å²) in [7, 11) is -1.03. The number of fused-ring (bicyclic) bond motifs is 1. The van der Waals surface area contributed by atoms with Crippen molar-refractivity contribution < 1.29 is 27.6 Å². The van der Waals surface area contributed by atoms with Crippen LogP contribution in [0.2, 0.25) is 0 Å². The van der Waals surface area contributed by atoms with E-state index in [1.165, 1.54) is 26.1 Å². The number of benzene rings is 2. The number of rotatable bonds is 6. The van der Waals surface area contributed by atoms with E-state index < -0.39 is 21.7 Å². The van der Waals surface area contributed by atoms with Crippen LogP contribution >= 0.6 is 0 Å². The van der Waals surface area contributed by atoms with Crippen LogP contribution in [-0.2, 0) is 19.7 Å². The van der Waals surface area contributed by atoms with Crippen LogP contribution in [0.3, 0.4) is 0 Å². The number of carbonyl (C=O) groups excluding carboxylic acids is 2. The normalized spacial score (nSPS) is 16.5. The second kappa shape index (κ2) is 8.56. The second-order valence-corrected chi connectivity index (χ2v) is 8.38. The van der Waals surface area contributed by atoms with Gasteiger partial charge in [-0.1, -0.05) is 12.1 Å². The van der Waals surface area contributed by atoms with Crippen molar-refractivity contribution in [1.29, 1.82) is 0 Å². The molecule has 1 heterocycles. The smallest absolute Gasteiger partial charge is 0.264 e. The second-order valence-electron chi connectivity index (χ2n) is 6.44. The van der Waals surface area contributed by atoms with Crippen LogP contribution in [0.5, 0.6) is 5.75 Å². The number of ketones is 1. The summed E-state index contributed by atoms with van der Waals surface area (Å²) in [5.41, 5.74) is 3.22. The summed E-state index contributed by atoms with van der Waals surface area (Å²) in [6.07, 6.45) is 0. The van der Waals surface area contributed by atoms with Gasteiger partial charge in [0, 0.05) is 18.3 Å². The molecule has 0 aliphatic carbocycles. The van der Waals surface area contributed by atoms with E-state index >= 15 is 0 Å². The van der Waals surface area contributed by atoms with Gasteiger partial charge in [-0.15, -0.1) is 0 Å². The molecule has 0 radical (unpaired) electrons. The maximum Gasteiger partial charge on any atom is 0.264 e. The Morgan fingerprint density at radius 2 is 1.77 bits per heavy atom. The maximum absolute atomic E-state index is 12.8. The molecule has 1 aliphatic heterocycles. The Balaban J connectivity index is 1.68. The first-order valence-electron chi connectivity index (χ1n) is 8.91. The molecule has 2 aromatic rings. The van der Waals surface area contributed by atoms with E-state index in [1.807, 2.05) is 0 Å². The number of ether oxygens (including phenoxy) is 1. The highest BCUT2D eigenvalue weighted by molar-refractivity contribution is 7.89. The number of hydrogen-bond acceptors (Lipinski definition) is 7. The first-order valence-corrected chi connectivity index (χ1v) is 10.3. The molecule has 0 unspecified atom stereocenters. The summed E-state index contributed by atoms with van der Waals surface area (Å²) < 4.78 is 31.3. The van der Waals surface area contributed by atoms with Crippen LogP contribution in [0.15, 0.2) is 64.8 Å². The molecule has 158 valence electrons. The van der Waals surface area contributed by atoms with Crippen LogP contribution in [0, 0.1) is 0 Å². The van der Waals surface area contributed by atoms with Crippen LogP contribution in [0.25, 0.3) is 0 Å². The monoisotopic (exact) mass is 431 g/mol. The Hall–Kier alpha value is -3.37. The molecule has 0 saturated heterocycles. The van der Waals surface area contributed by atoms with Crippen molar-refractivity contribution in [2.24, 2.45) is 0 Å². The zero-order chi connectivity index (χ0) is 21.9. The number of carbonyl (C=O) groups is 2. The maximum atomic E-state index is 12.8. The average Bonchev–Trinajstić information content (AvgIpc) is 2.73. The minimum absolute atomic E-state index is 0.0474. The predicted molar refractivity (Wildman–Crippen MR) is 109 cm³/mol. The Morgan fingerprint density at radius 3 is 2.43 bits per heavy atom. The first kappa shape index (κ1) is 21.3. The minimum atomic E-state index is -3.87. The van der Waals surface area contributed by atoms with Crippen LogP contribution in [0.4, 0.5) is 5.69 Å². The van der Waals surface area contributed by atoms with Gasteiger partial charge in [0.1, 0.15) is 11.4 Å². The molecule has 0 atom stereocenters. The molecular weight excluding hydrogens is 410 g/mol. The zero-order valence-corrected chi connectivity index (χ0v) is 17.4. The number of nitrogens with one attached hydrogen (secondary N) is 2. The average molecular weight is 431 g/mol. The fourth-order valence-electron chi connectivity index (χ4n) is 2.95. The lowest BCUT2D eigenvalue weighted by Crippen LogP contribution is -2.38. The minimum Gasteiger partial charge on any atom is -0.497 e. The van der Waals surface area contributed by atoms with Crippen molar-refractivity contribution in [2.45, 2.75) is 11.8 Å². The zero-order valence-electron chi connectivity index (χ0n) is 16.6. The number of sulfonamides is 1. The van der Waals surface area contributed by atoms with Crippen molar-refractivity contribution in [3.63, 3.8) is 0 Å². The van der Waals surface area contributed by atoms with Gasteiger partial charge >= 0.3 is 0 Å². The van der Waals surface area contributed by atoms with Crippen molar-refractivity contribution in [3.05, 3.63) is 65.5 Å². The molecule has 30 heavy (non-hydrogen) atoms. The third-order valence-electron chi connectivity index (χ3n) is 4.46. The van der Waals surface area contributed by atoms with Crippen molar-refractivity contribution in [3.8, 4) is 5.75 Å². The molecule has 1 aliphatic rings. The summed E-state index contributed by atoms with van der Waals surface area (Å²) >= 11 is 0. The fraction of sp³-hybridized carbons (Fsp3) is 0.200. The van der Waals surface area contributed by atoms with Gasteiger partial charge in [-0.05, 0) is 43.3 Å². The molecular formula is C20H21N3O6S. The molecule has 1 amide bonds. The van der Waals surface area contributed by atoms with Gasteiger partial charge in [0.2, 0.25) is 5.78 Å². The van der Waals surface area contributed by atoms with E-state index in [4.69, 9.17) is 9.57 Å². The fourth-order valence-corrected chi connectivity index (χ4v) is 4.40. The molecule has 9 nitrogen and oxygen atoms in total. The molecule has 0 bridgehead atoms. The molecule has 0 saturated carbocycles. The molecule has 10 heteroatoms. The largest absolute Gasteiger partial charge is 0.497 e. The van der Waals surface area contributed by atoms with Gasteiger partial charge in [-0.2, -0.15) is 0 Å². The summed E-state index contributed by atoms with van der Waals surface area (Å²) in [6.45, 7) is 1.13. The van der Waals surface area contributed by atoms with Crippen LogP contribution in [-0.4, -0.2) is 45.2 Å². The van der Waals surface area contributed by atoms with E-state index in [0.717, 1.165) is 4.31 Å². The third kappa shape index (κ3) is 4.14. The number of anilines is 1. The highest BCUT2D eigenvalue weighted by Crippen LogP contribution is 2.31. The van der Waals surface area contributed by atoms with Gasteiger partial charge in [-0.3, -0.25) is 24.2 Å². The van der Waals surface area contributed by atoms with E-state index in [9.17, 15) is 18.0 Å². The van der Waals surface area contributed by atoms with E-state index in [1.54, 1.807) is 43.5 Å².